The van der Waals surface area contributed by atoms with Crippen LogP contribution in [0.15, 0.2) is 53.6 Å². The van der Waals surface area contributed by atoms with Gasteiger partial charge in [0.05, 0.1) is 29.4 Å². The second-order valence-corrected chi connectivity index (χ2v) is 7.25. The third-order valence-electron chi connectivity index (χ3n) is 5.41. The number of alkyl halides is 2. The Bertz CT molecular complexity index is 1390. The molecule has 0 radical (unpaired) electrons. The maximum atomic E-state index is 13.5. The number of imidazole rings is 1. The van der Waals surface area contributed by atoms with Crippen LogP contribution < -0.4 is 4.90 Å². The predicted molar refractivity (Wildman–Crippen MR) is 107 cm³/mol. The molecule has 1 aliphatic rings. The van der Waals surface area contributed by atoms with E-state index in [1.165, 1.54) is 23.0 Å². The molecule has 0 amide bonds. The molecular formula is C20H15F2N9O. The number of nitrogens with one attached hydrogen (secondary N) is 1. The summed E-state index contributed by atoms with van der Waals surface area (Å²) in [5.74, 6) is 0.231. The first kappa shape index (κ1) is 18.5. The highest BCUT2D eigenvalue weighted by atomic mass is 19.3. The van der Waals surface area contributed by atoms with Gasteiger partial charge in [-0.25, -0.2) is 23.3 Å². The fourth-order valence-corrected chi connectivity index (χ4v) is 3.98. The quantitative estimate of drug-likeness (QED) is 0.458. The lowest BCUT2D eigenvalue weighted by molar-refractivity contribution is 0.143. The van der Waals surface area contributed by atoms with Crippen LogP contribution in [-0.2, 0) is 6.42 Å². The summed E-state index contributed by atoms with van der Waals surface area (Å²) in [6.45, 7) is 0.539. The SMILES string of the molecule is FC(F)c1cccc2cc([C@@H]3c4nc[nH]c4CCN3c3nnc(-c4cnccn4)o3)nn12. The summed E-state index contributed by atoms with van der Waals surface area (Å²) in [6.07, 6.45) is 4.25. The molecule has 6 rings (SSSR count). The van der Waals surface area contributed by atoms with Crippen molar-refractivity contribution in [1.29, 1.82) is 0 Å². The number of hydrogen-bond donors (Lipinski definition) is 1. The molecule has 0 saturated carbocycles. The minimum absolute atomic E-state index is 0.180. The molecule has 0 aliphatic carbocycles. The summed E-state index contributed by atoms with van der Waals surface area (Å²) in [7, 11) is 0. The Labute approximate surface area is 179 Å². The lowest BCUT2D eigenvalue weighted by atomic mass is 10.0. The second-order valence-electron chi connectivity index (χ2n) is 7.25. The zero-order valence-corrected chi connectivity index (χ0v) is 16.4. The van der Waals surface area contributed by atoms with E-state index in [0.717, 1.165) is 11.4 Å². The molecule has 0 saturated heterocycles. The van der Waals surface area contributed by atoms with Gasteiger partial charge in [0, 0.05) is 31.1 Å². The Morgan fingerprint density at radius 2 is 2.09 bits per heavy atom. The third-order valence-corrected chi connectivity index (χ3v) is 5.41. The Morgan fingerprint density at radius 3 is 2.94 bits per heavy atom. The van der Waals surface area contributed by atoms with Crippen LogP contribution in [0.25, 0.3) is 17.1 Å². The molecule has 10 nitrogen and oxygen atoms in total. The van der Waals surface area contributed by atoms with Crippen LogP contribution in [0.1, 0.15) is 35.2 Å². The number of aromatic nitrogens is 8. The minimum atomic E-state index is -2.65. The van der Waals surface area contributed by atoms with Crippen molar-refractivity contribution in [3.05, 3.63) is 72.0 Å². The van der Waals surface area contributed by atoms with Gasteiger partial charge in [0.1, 0.15) is 17.4 Å². The van der Waals surface area contributed by atoms with Gasteiger partial charge >= 0.3 is 6.01 Å². The molecule has 1 aliphatic heterocycles. The number of aromatic amines is 1. The van der Waals surface area contributed by atoms with E-state index in [-0.39, 0.29) is 17.6 Å². The summed E-state index contributed by atoms with van der Waals surface area (Å²) in [5.41, 5.74) is 3.07. The summed E-state index contributed by atoms with van der Waals surface area (Å²) >= 11 is 0. The van der Waals surface area contributed by atoms with Crippen molar-refractivity contribution in [1.82, 2.24) is 39.7 Å². The summed E-state index contributed by atoms with van der Waals surface area (Å²) in [5, 5.41) is 12.8. The summed E-state index contributed by atoms with van der Waals surface area (Å²) in [6, 6.07) is 6.22. The van der Waals surface area contributed by atoms with E-state index in [2.05, 4.69) is 35.2 Å². The van der Waals surface area contributed by atoms with Gasteiger partial charge in [0.25, 0.3) is 12.3 Å². The largest absolute Gasteiger partial charge is 0.401 e. The molecule has 5 aromatic heterocycles. The van der Waals surface area contributed by atoms with Gasteiger partial charge in [-0.2, -0.15) is 5.10 Å². The molecular weight excluding hydrogens is 420 g/mol. The highest BCUT2D eigenvalue weighted by molar-refractivity contribution is 5.53. The number of pyridine rings is 1. The molecule has 1 N–H and O–H groups in total. The number of hydrogen-bond acceptors (Lipinski definition) is 8. The van der Waals surface area contributed by atoms with E-state index < -0.39 is 12.5 Å². The molecule has 0 unspecified atom stereocenters. The van der Waals surface area contributed by atoms with Crippen LogP contribution in [0.4, 0.5) is 14.8 Å². The number of nitrogens with zero attached hydrogens (tertiary/aromatic N) is 8. The van der Waals surface area contributed by atoms with Crippen LogP contribution in [0, 0.1) is 0 Å². The van der Waals surface area contributed by atoms with Crippen molar-refractivity contribution in [3.8, 4) is 11.6 Å². The Kier molecular flexibility index (Phi) is 4.16. The van der Waals surface area contributed by atoms with Gasteiger partial charge in [0.15, 0.2) is 0 Å². The van der Waals surface area contributed by atoms with Gasteiger partial charge in [-0.15, -0.1) is 5.10 Å². The van der Waals surface area contributed by atoms with E-state index in [1.54, 1.807) is 30.7 Å². The van der Waals surface area contributed by atoms with E-state index in [1.807, 2.05) is 4.90 Å². The van der Waals surface area contributed by atoms with Crippen molar-refractivity contribution in [2.45, 2.75) is 18.9 Å². The number of H-pyrrole nitrogens is 1. The van der Waals surface area contributed by atoms with E-state index >= 15 is 0 Å². The second kappa shape index (κ2) is 7.18. The Hall–Kier alpha value is -4.22. The fourth-order valence-electron chi connectivity index (χ4n) is 3.98. The maximum Gasteiger partial charge on any atom is 0.319 e. The van der Waals surface area contributed by atoms with E-state index in [9.17, 15) is 8.78 Å². The van der Waals surface area contributed by atoms with E-state index in [4.69, 9.17) is 4.42 Å². The number of fused-ring (bicyclic) bond motifs is 2. The summed E-state index contributed by atoms with van der Waals surface area (Å²) < 4.78 is 34.2. The third kappa shape index (κ3) is 2.91. The van der Waals surface area contributed by atoms with E-state index in [0.29, 0.717) is 29.9 Å². The van der Waals surface area contributed by atoms with Gasteiger partial charge in [0.2, 0.25) is 0 Å². The lowest BCUT2D eigenvalue weighted by Gasteiger charge is -2.32. The normalized spacial score (nSPS) is 16.1. The molecule has 5 aromatic rings. The standard InChI is InChI=1S/C20H15F2N9O/c21-18(22)15-3-1-2-11-8-13(29-31(11)15)17-16-12(25-10-26-16)4-7-30(17)20-28-27-19(32-20)14-9-23-5-6-24-14/h1-3,5-6,8-10,17-18H,4,7H2,(H,25,26)/t17-/m1/s1. The number of halogens is 2. The average Bonchev–Trinajstić information content (AvgIpc) is 3.57. The van der Waals surface area contributed by atoms with Crippen molar-refractivity contribution in [3.63, 3.8) is 0 Å². The van der Waals surface area contributed by atoms with Crippen LogP contribution in [0.2, 0.25) is 0 Å². The molecule has 12 heteroatoms. The smallest absolute Gasteiger partial charge is 0.319 e. The number of anilines is 1. The predicted octanol–water partition coefficient (Wildman–Crippen LogP) is 2.99. The monoisotopic (exact) mass is 435 g/mol. The Balaban J connectivity index is 1.46. The van der Waals surface area contributed by atoms with Crippen molar-refractivity contribution < 1.29 is 13.2 Å². The first-order valence-electron chi connectivity index (χ1n) is 9.84. The summed E-state index contributed by atoms with van der Waals surface area (Å²) in [4.78, 5) is 17.7. The van der Waals surface area contributed by atoms with Crippen molar-refractivity contribution in [2.75, 3.05) is 11.4 Å². The molecule has 1 atom stereocenters. The first-order valence-corrected chi connectivity index (χ1v) is 9.84. The molecule has 0 fully saturated rings. The first-order chi connectivity index (χ1) is 15.7. The number of rotatable bonds is 4. The van der Waals surface area contributed by atoms with Gasteiger partial charge in [-0.05, 0) is 18.2 Å². The topological polar surface area (TPSA) is 114 Å². The molecule has 160 valence electrons. The van der Waals surface area contributed by atoms with Gasteiger partial charge in [-0.1, -0.05) is 11.2 Å². The zero-order valence-electron chi connectivity index (χ0n) is 16.4. The molecule has 0 bridgehead atoms. The Morgan fingerprint density at radius 1 is 1.16 bits per heavy atom. The average molecular weight is 435 g/mol. The molecule has 0 aromatic carbocycles. The fraction of sp³-hybridized carbons (Fsp3) is 0.200. The van der Waals surface area contributed by atoms with Gasteiger partial charge in [-0.3, -0.25) is 4.98 Å². The molecule has 0 spiro atoms. The van der Waals surface area contributed by atoms with Crippen molar-refractivity contribution >= 4 is 11.5 Å². The highest BCUT2D eigenvalue weighted by Crippen LogP contribution is 2.37. The zero-order chi connectivity index (χ0) is 21.7. The maximum absolute atomic E-state index is 13.5. The lowest BCUT2D eigenvalue weighted by Crippen LogP contribution is -2.37. The highest BCUT2D eigenvalue weighted by Gasteiger charge is 2.36. The van der Waals surface area contributed by atoms with Gasteiger partial charge < -0.3 is 14.3 Å². The van der Waals surface area contributed by atoms with Crippen LogP contribution in [0.3, 0.4) is 0 Å². The van der Waals surface area contributed by atoms with Crippen molar-refractivity contribution in [2.24, 2.45) is 0 Å². The molecule has 32 heavy (non-hydrogen) atoms. The molecule has 6 heterocycles. The van der Waals surface area contributed by atoms with Crippen LogP contribution >= 0.6 is 0 Å². The minimum Gasteiger partial charge on any atom is -0.401 e. The van der Waals surface area contributed by atoms with Crippen LogP contribution in [-0.4, -0.2) is 46.3 Å². The van der Waals surface area contributed by atoms with Crippen LogP contribution in [0.5, 0.6) is 0 Å².